The number of carbonyl (C=O) groups is 1. The molecule has 0 aliphatic rings. The zero-order chi connectivity index (χ0) is 15.6. The Balaban J connectivity index is 3.05. The van der Waals surface area contributed by atoms with Gasteiger partial charge in [-0.3, -0.25) is 5.32 Å². The van der Waals surface area contributed by atoms with E-state index in [2.05, 4.69) is 26.1 Å². The Morgan fingerprint density at radius 1 is 1.25 bits per heavy atom. The van der Waals surface area contributed by atoms with Crippen molar-refractivity contribution in [2.75, 3.05) is 11.1 Å². The highest BCUT2D eigenvalue weighted by Crippen LogP contribution is 2.34. The van der Waals surface area contributed by atoms with Gasteiger partial charge in [0.05, 0.1) is 0 Å². The summed E-state index contributed by atoms with van der Waals surface area (Å²) in [5, 5.41) is 2.81. The van der Waals surface area contributed by atoms with Crippen LogP contribution >= 0.6 is 0 Å². The fourth-order valence-corrected chi connectivity index (χ4v) is 1.86. The highest BCUT2D eigenvalue weighted by molar-refractivity contribution is 5.87. The van der Waals surface area contributed by atoms with Gasteiger partial charge in [-0.1, -0.05) is 26.8 Å². The van der Waals surface area contributed by atoms with Gasteiger partial charge in [0.25, 0.3) is 0 Å². The minimum absolute atomic E-state index is 0.0436. The second-order valence-corrected chi connectivity index (χ2v) is 6.67. The fraction of sp³-hybridized carbons (Fsp3) is 0.562. The molecule has 4 nitrogen and oxygen atoms in total. The summed E-state index contributed by atoms with van der Waals surface area (Å²) in [4.78, 5) is 11.9. The summed E-state index contributed by atoms with van der Waals surface area (Å²) in [6.07, 6.45) is 0.496. The quantitative estimate of drug-likeness (QED) is 0.810. The van der Waals surface area contributed by atoms with Crippen LogP contribution < -0.4 is 11.1 Å². The number of hydrogen-bond donors (Lipinski definition) is 2. The molecule has 0 saturated heterocycles. The molecule has 0 fully saturated rings. The summed E-state index contributed by atoms with van der Waals surface area (Å²) in [6.45, 7) is 11.9. The summed E-state index contributed by atoms with van der Waals surface area (Å²) < 4.78 is 5.29. The van der Waals surface area contributed by atoms with E-state index in [-0.39, 0.29) is 5.41 Å². The smallest absolute Gasteiger partial charge is 0.412 e. The number of nitrogens with one attached hydrogen (secondary N) is 1. The summed E-state index contributed by atoms with van der Waals surface area (Å²) in [5.41, 5.74) is 7.64. The van der Waals surface area contributed by atoms with E-state index in [0.717, 1.165) is 12.0 Å². The molecule has 0 aromatic heterocycles. The van der Waals surface area contributed by atoms with Crippen molar-refractivity contribution in [2.24, 2.45) is 0 Å². The van der Waals surface area contributed by atoms with Gasteiger partial charge in [0.1, 0.15) is 5.60 Å². The van der Waals surface area contributed by atoms with Gasteiger partial charge in [0.2, 0.25) is 0 Å². The molecule has 0 aliphatic carbocycles. The van der Waals surface area contributed by atoms with Crippen LogP contribution in [0.2, 0.25) is 0 Å². The maximum Gasteiger partial charge on any atom is 0.412 e. The van der Waals surface area contributed by atoms with Gasteiger partial charge in [0, 0.05) is 11.4 Å². The van der Waals surface area contributed by atoms with E-state index < -0.39 is 11.7 Å². The number of nitrogen functional groups attached to an aromatic ring is 1. The van der Waals surface area contributed by atoms with Crippen molar-refractivity contribution >= 4 is 17.5 Å². The lowest BCUT2D eigenvalue weighted by Crippen LogP contribution is -2.28. The lowest BCUT2D eigenvalue weighted by molar-refractivity contribution is 0.0635. The monoisotopic (exact) mass is 278 g/mol. The first-order valence-corrected chi connectivity index (χ1v) is 6.95. The van der Waals surface area contributed by atoms with E-state index in [4.69, 9.17) is 10.5 Å². The first-order valence-electron chi connectivity index (χ1n) is 6.95. The lowest BCUT2D eigenvalue weighted by atomic mass is 9.81. The molecule has 4 heteroatoms. The SMILES string of the molecule is CCC(C)(C)c1ccc(N)cc1NC(=O)OC(C)(C)C. The summed E-state index contributed by atoms with van der Waals surface area (Å²) in [6, 6.07) is 5.59. The van der Waals surface area contributed by atoms with Crippen molar-refractivity contribution in [2.45, 2.75) is 59.0 Å². The van der Waals surface area contributed by atoms with Crippen LogP contribution in [0.15, 0.2) is 18.2 Å². The molecule has 1 aromatic carbocycles. The van der Waals surface area contributed by atoms with Crippen LogP contribution in [-0.4, -0.2) is 11.7 Å². The van der Waals surface area contributed by atoms with Crippen LogP contribution in [0.3, 0.4) is 0 Å². The Labute approximate surface area is 121 Å². The topological polar surface area (TPSA) is 64.3 Å². The molecule has 20 heavy (non-hydrogen) atoms. The van der Waals surface area contributed by atoms with Crippen LogP contribution in [0.5, 0.6) is 0 Å². The summed E-state index contributed by atoms with van der Waals surface area (Å²) >= 11 is 0. The van der Waals surface area contributed by atoms with Crippen molar-refractivity contribution in [1.82, 2.24) is 0 Å². The number of anilines is 2. The van der Waals surface area contributed by atoms with Gasteiger partial charge < -0.3 is 10.5 Å². The van der Waals surface area contributed by atoms with Crippen LogP contribution in [0.1, 0.15) is 53.5 Å². The van der Waals surface area contributed by atoms with E-state index in [1.165, 1.54) is 0 Å². The molecule has 0 unspecified atom stereocenters. The lowest BCUT2D eigenvalue weighted by Gasteiger charge is -2.27. The van der Waals surface area contributed by atoms with Crippen molar-refractivity contribution in [3.63, 3.8) is 0 Å². The predicted octanol–water partition coefficient (Wildman–Crippen LogP) is 4.30. The Morgan fingerprint density at radius 2 is 1.85 bits per heavy atom. The number of carbonyl (C=O) groups excluding carboxylic acids is 1. The predicted molar refractivity (Wildman–Crippen MR) is 84.0 cm³/mol. The van der Waals surface area contributed by atoms with Gasteiger partial charge in [0.15, 0.2) is 0 Å². The highest BCUT2D eigenvalue weighted by Gasteiger charge is 2.24. The first kappa shape index (κ1) is 16.3. The van der Waals surface area contributed by atoms with E-state index in [1.54, 1.807) is 6.07 Å². The molecule has 0 heterocycles. The molecule has 1 aromatic rings. The zero-order valence-corrected chi connectivity index (χ0v) is 13.3. The standard InChI is InChI=1S/C16H26N2O2/c1-7-16(5,6)12-9-8-11(17)10-13(12)18-14(19)20-15(2,3)4/h8-10H,7,17H2,1-6H3,(H,18,19). The maximum atomic E-state index is 11.9. The summed E-state index contributed by atoms with van der Waals surface area (Å²) in [5.74, 6) is 0. The Bertz CT molecular complexity index is 488. The van der Waals surface area contributed by atoms with Gasteiger partial charge >= 0.3 is 6.09 Å². The molecule has 0 aliphatic heterocycles. The number of amides is 1. The normalized spacial score (nSPS) is 12.1. The van der Waals surface area contributed by atoms with E-state index in [1.807, 2.05) is 32.9 Å². The van der Waals surface area contributed by atoms with Gasteiger partial charge in [-0.05, 0) is 50.3 Å². The third-order valence-corrected chi connectivity index (χ3v) is 3.29. The van der Waals surface area contributed by atoms with E-state index >= 15 is 0 Å². The van der Waals surface area contributed by atoms with Crippen LogP contribution in [0.4, 0.5) is 16.2 Å². The summed E-state index contributed by atoms with van der Waals surface area (Å²) in [7, 11) is 0. The highest BCUT2D eigenvalue weighted by atomic mass is 16.6. The number of ether oxygens (including phenoxy) is 1. The minimum atomic E-state index is -0.523. The second-order valence-electron chi connectivity index (χ2n) is 6.67. The van der Waals surface area contributed by atoms with Crippen LogP contribution in [0.25, 0.3) is 0 Å². The average Bonchev–Trinajstić information content (AvgIpc) is 2.25. The largest absolute Gasteiger partial charge is 0.444 e. The maximum absolute atomic E-state index is 11.9. The molecule has 0 atom stereocenters. The molecule has 0 bridgehead atoms. The fourth-order valence-electron chi connectivity index (χ4n) is 1.86. The zero-order valence-electron chi connectivity index (χ0n) is 13.3. The number of benzene rings is 1. The van der Waals surface area contributed by atoms with Crippen molar-refractivity contribution < 1.29 is 9.53 Å². The molecule has 0 spiro atoms. The van der Waals surface area contributed by atoms with E-state index in [0.29, 0.717) is 11.4 Å². The number of hydrogen-bond acceptors (Lipinski definition) is 3. The third-order valence-electron chi connectivity index (χ3n) is 3.29. The van der Waals surface area contributed by atoms with Gasteiger partial charge in [-0.15, -0.1) is 0 Å². The van der Waals surface area contributed by atoms with Gasteiger partial charge in [-0.2, -0.15) is 0 Å². The van der Waals surface area contributed by atoms with Crippen molar-refractivity contribution in [1.29, 1.82) is 0 Å². The Hall–Kier alpha value is -1.71. The molecular weight excluding hydrogens is 252 g/mol. The molecule has 3 N–H and O–H groups in total. The van der Waals surface area contributed by atoms with Crippen molar-refractivity contribution in [3.8, 4) is 0 Å². The number of nitrogens with two attached hydrogens (primary N) is 1. The molecular formula is C16H26N2O2. The molecule has 0 saturated carbocycles. The van der Waals surface area contributed by atoms with Crippen LogP contribution in [-0.2, 0) is 10.2 Å². The number of rotatable bonds is 3. The second kappa shape index (κ2) is 5.73. The molecule has 112 valence electrons. The molecule has 1 amide bonds. The minimum Gasteiger partial charge on any atom is -0.444 e. The Morgan fingerprint density at radius 3 is 2.35 bits per heavy atom. The first-order chi connectivity index (χ1) is 9.05. The molecule has 1 rings (SSSR count). The van der Waals surface area contributed by atoms with Crippen LogP contribution in [0, 0.1) is 0 Å². The van der Waals surface area contributed by atoms with Crippen molar-refractivity contribution in [3.05, 3.63) is 23.8 Å². The average molecular weight is 278 g/mol. The third kappa shape index (κ3) is 4.44. The van der Waals surface area contributed by atoms with E-state index in [9.17, 15) is 4.79 Å². The van der Waals surface area contributed by atoms with Gasteiger partial charge in [-0.25, -0.2) is 4.79 Å². The Kier molecular flexibility index (Phi) is 4.69. The molecule has 0 radical (unpaired) electrons.